The monoisotopic (exact) mass is 495 g/mol. The van der Waals surface area contributed by atoms with E-state index in [1.807, 2.05) is 0 Å². The van der Waals surface area contributed by atoms with Gasteiger partial charge in [0.05, 0.1) is 6.04 Å². The molecule has 0 spiro atoms. The lowest BCUT2D eigenvalue weighted by atomic mass is 10.0. The number of unbranched alkanes of at least 4 members (excludes halogenated alkanes) is 2. The molecule has 198 valence electrons. The number of imide groups is 1. The van der Waals surface area contributed by atoms with Gasteiger partial charge in [-0.05, 0) is 38.0 Å². The van der Waals surface area contributed by atoms with E-state index in [1.54, 1.807) is 13.8 Å². The van der Waals surface area contributed by atoms with Gasteiger partial charge in [-0.15, -0.1) is 0 Å². The first kappa shape index (κ1) is 32.0. The van der Waals surface area contributed by atoms with E-state index in [-0.39, 0.29) is 48.7 Å². The van der Waals surface area contributed by atoms with Crippen molar-refractivity contribution in [1.29, 1.82) is 0 Å². The third-order valence-corrected chi connectivity index (χ3v) is 4.91. The number of Topliss-reactive ketones (excluding diaryl/α,β-unsaturated/α-hetero) is 1. The fourth-order valence-electron chi connectivity index (χ4n) is 3.07. The highest BCUT2D eigenvalue weighted by Gasteiger charge is 2.28. The summed E-state index contributed by atoms with van der Waals surface area (Å²) in [7, 11) is 0. The highest BCUT2D eigenvalue weighted by molar-refractivity contribution is 6.12. The maximum absolute atomic E-state index is 12.6. The average molecular weight is 496 g/mol. The van der Waals surface area contributed by atoms with Crippen LogP contribution in [0.15, 0.2) is 12.2 Å². The lowest BCUT2D eigenvalue weighted by Crippen LogP contribution is -2.53. The van der Waals surface area contributed by atoms with Crippen molar-refractivity contribution in [1.82, 2.24) is 15.5 Å². The van der Waals surface area contributed by atoms with Crippen molar-refractivity contribution >= 4 is 35.4 Å². The van der Waals surface area contributed by atoms with Crippen molar-refractivity contribution in [3.05, 3.63) is 12.2 Å². The number of carboxylic acids is 1. The summed E-state index contributed by atoms with van der Waals surface area (Å²) in [6, 6.07) is -1.78. The smallest absolute Gasteiger partial charge is 0.303 e. The molecule has 0 saturated carbocycles. The molecular weight excluding hydrogens is 454 g/mol. The first-order valence-electron chi connectivity index (χ1n) is 12.1. The number of aliphatic carboxylic acids is 1. The third kappa shape index (κ3) is 14.1. The standard InChI is InChI=1S/C21H31N3O7.C4H10/c1-13(2)20(21(31)22-15(14(3)25)8-11-19(29)30)23-16(26)7-5-4-6-12-24-17(27)9-10-18(24)28;1-4(2)3/h9-10,13,15,20H,4-8,11-12H2,1-3H3,(H,22,31)(H,23,26)(H,29,30);4H,1-3H3/t15-,20?;/m0./s1. The molecule has 1 aliphatic heterocycles. The normalized spacial score (nSPS) is 14.5. The Morgan fingerprint density at radius 1 is 0.886 bits per heavy atom. The predicted octanol–water partition coefficient (Wildman–Crippen LogP) is 2.21. The van der Waals surface area contributed by atoms with E-state index in [2.05, 4.69) is 31.4 Å². The van der Waals surface area contributed by atoms with Gasteiger partial charge >= 0.3 is 5.97 Å². The Bertz CT molecular complexity index is 769. The van der Waals surface area contributed by atoms with Crippen molar-refractivity contribution in [2.75, 3.05) is 6.54 Å². The summed E-state index contributed by atoms with van der Waals surface area (Å²) >= 11 is 0. The van der Waals surface area contributed by atoms with E-state index in [0.29, 0.717) is 25.8 Å². The molecule has 2 atom stereocenters. The molecule has 0 radical (unpaired) electrons. The van der Waals surface area contributed by atoms with Crippen LogP contribution in [0.1, 0.15) is 80.1 Å². The molecule has 0 bridgehead atoms. The number of ketones is 1. The minimum absolute atomic E-state index is 0.0211. The van der Waals surface area contributed by atoms with E-state index in [4.69, 9.17) is 5.11 Å². The average Bonchev–Trinajstić information content (AvgIpc) is 3.05. The molecule has 0 fully saturated rings. The van der Waals surface area contributed by atoms with Crippen molar-refractivity contribution < 1.29 is 33.9 Å². The number of nitrogens with one attached hydrogen (secondary N) is 2. The van der Waals surface area contributed by atoms with Crippen molar-refractivity contribution in [3.8, 4) is 0 Å². The van der Waals surface area contributed by atoms with Gasteiger partial charge in [0.15, 0.2) is 5.78 Å². The second-order valence-electron chi connectivity index (χ2n) is 9.60. The minimum Gasteiger partial charge on any atom is -0.481 e. The summed E-state index contributed by atoms with van der Waals surface area (Å²) < 4.78 is 0. The van der Waals surface area contributed by atoms with E-state index in [1.165, 1.54) is 19.1 Å². The Hall–Kier alpha value is -3.04. The topological polar surface area (TPSA) is 150 Å². The summed E-state index contributed by atoms with van der Waals surface area (Å²) in [5, 5.41) is 14.0. The van der Waals surface area contributed by atoms with Gasteiger partial charge in [-0.1, -0.05) is 41.0 Å². The fourth-order valence-corrected chi connectivity index (χ4v) is 3.07. The fraction of sp³-hybridized carbons (Fsp3) is 0.680. The van der Waals surface area contributed by atoms with Crippen LogP contribution >= 0.6 is 0 Å². The molecule has 10 heteroatoms. The highest BCUT2D eigenvalue weighted by Crippen LogP contribution is 2.09. The van der Waals surface area contributed by atoms with Crippen LogP contribution in [0.5, 0.6) is 0 Å². The zero-order chi connectivity index (χ0) is 27.1. The van der Waals surface area contributed by atoms with Gasteiger partial charge in [0.1, 0.15) is 6.04 Å². The second kappa shape index (κ2) is 16.6. The zero-order valence-corrected chi connectivity index (χ0v) is 21.8. The molecule has 1 unspecified atom stereocenters. The quantitative estimate of drug-likeness (QED) is 0.247. The van der Waals surface area contributed by atoms with E-state index in [9.17, 15) is 28.8 Å². The van der Waals surface area contributed by atoms with Crippen LogP contribution in [0, 0.1) is 11.8 Å². The number of hydrogen-bond donors (Lipinski definition) is 3. The molecule has 0 aromatic carbocycles. The van der Waals surface area contributed by atoms with Crippen molar-refractivity contribution in [3.63, 3.8) is 0 Å². The van der Waals surface area contributed by atoms with Gasteiger partial charge in [0.2, 0.25) is 11.8 Å². The first-order chi connectivity index (χ1) is 16.3. The maximum atomic E-state index is 12.6. The van der Waals surface area contributed by atoms with E-state index in [0.717, 1.165) is 10.8 Å². The lowest BCUT2D eigenvalue weighted by molar-refractivity contribution is -0.138. The SMILES string of the molecule is CC(=O)[C@H](CCC(=O)O)NC(=O)C(NC(=O)CCCCCN1C(=O)C=CC1=O)C(C)C.CC(C)C. The number of amides is 4. The van der Waals surface area contributed by atoms with Crippen LogP contribution in [0.4, 0.5) is 0 Å². The van der Waals surface area contributed by atoms with Crippen LogP contribution in [-0.4, -0.2) is 64.0 Å². The summed E-state index contributed by atoms with van der Waals surface area (Å²) in [6.07, 6.45) is 4.08. The summed E-state index contributed by atoms with van der Waals surface area (Å²) in [4.78, 5) is 71.3. The third-order valence-electron chi connectivity index (χ3n) is 4.91. The summed E-state index contributed by atoms with van der Waals surface area (Å²) in [5.41, 5.74) is 0. The van der Waals surface area contributed by atoms with Gasteiger partial charge in [0.25, 0.3) is 11.8 Å². The predicted molar refractivity (Wildman–Crippen MR) is 131 cm³/mol. The highest BCUT2D eigenvalue weighted by atomic mass is 16.4. The number of nitrogens with zero attached hydrogens (tertiary/aromatic N) is 1. The van der Waals surface area contributed by atoms with Crippen LogP contribution in [0.3, 0.4) is 0 Å². The molecule has 0 aromatic heterocycles. The number of carbonyl (C=O) groups is 6. The van der Waals surface area contributed by atoms with Gasteiger partial charge in [-0.25, -0.2) is 0 Å². The Morgan fingerprint density at radius 3 is 1.89 bits per heavy atom. The van der Waals surface area contributed by atoms with Crippen LogP contribution < -0.4 is 10.6 Å². The van der Waals surface area contributed by atoms with E-state index >= 15 is 0 Å². The molecule has 1 aliphatic rings. The summed E-state index contributed by atoms with van der Waals surface area (Å²) in [6.45, 7) is 11.6. The zero-order valence-electron chi connectivity index (χ0n) is 21.8. The van der Waals surface area contributed by atoms with Crippen LogP contribution in [0.2, 0.25) is 0 Å². The molecule has 1 rings (SSSR count). The maximum Gasteiger partial charge on any atom is 0.303 e. The molecule has 0 aliphatic carbocycles. The Kier molecular flexibility index (Phi) is 15.1. The number of carboxylic acid groups (broad SMARTS) is 1. The number of carbonyl (C=O) groups excluding carboxylic acids is 5. The Labute approximate surface area is 207 Å². The minimum atomic E-state index is -1.07. The molecule has 3 N–H and O–H groups in total. The first-order valence-corrected chi connectivity index (χ1v) is 12.1. The van der Waals surface area contributed by atoms with Crippen LogP contribution in [-0.2, 0) is 28.8 Å². The largest absolute Gasteiger partial charge is 0.481 e. The second-order valence-corrected chi connectivity index (χ2v) is 9.60. The molecular formula is C25H41N3O7. The van der Waals surface area contributed by atoms with Gasteiger partial charge < -0.3 is 15.7 Å². The van der Waals surface area contributed by atoms with Gasteiger partial charge in [-0.2, -0.15) is 0 Å². The van der Waals surface area contributed by atoms with Crippen molar-refractivity contribution in [2.24, 2.45) is 11.8 Å². The number of rotatable bonds is 14. The molecule has 4 amide bonds. The Morgan fingerprint density at radius 2 is 1.43 bits per heavy atom. The molecule has 1 heterocycles. The molecule has 0 saturated heterocycles. The molecule has 10 nitrogen and oxygen atoms in total. The lowest BCUT2D eigenvalue weighted by Gasteiger charge is -2.24. The van der Waals surface area contributed by atoms with E-state index < -0.39 is 24.0 Å². The van der Waals surface area contributed by atoms with Gasteiger partial charge in [0, 0.05) is 31.5 Å². The molecule has 35 heavy (non-hydrogen) atoms. The van der Waals surface area contributed by atoms with Gasteiger partial charge in [-0.3, -0.25) is 33.7 Å². The van der Waals surface area contributed by atoms with Crippen molar-refractivity contribution in [2.45, 2.75) is 92.2 Å². The number of hydrogen-bond acceptors (Lipinski definition) is 6. The Balaban J connectivity index is 0.00000267. The summed E-state index contributed by atoms with van der Waals surface area (Å²) in [5.74, 6) is -2.35. The van der Waals surface area contributed by atoms with Crippen LogP contribution in [0.25, 0.3) is 0 Å². The molecule has 0 aromatic rings.